The third kappa shape index (κ3) is 3.14. The van der Waals surface area contributed by atoms with Crippen molar-refractivity contribution in [2.45, 2.75) is 32.8 Å². The van der Waals surface area contributed by atoms with Crippen molar-refractivity contribution in [3.05, 3.63) is 41.6 Å². The molecule has 0 N–H and O–H groups in total. The Kier molecular flexibility index (Phi) is 3.99. The van der Waals surface area contributed by atoms with Gasteiger partial charge in [0.1, 0.15) is 34.7 Å². The first-order valence-electron chi connectivity index (χ1n) is 8.38. The number of aromatic nitrogens is 3. The highest BCUT2D eigenvalue weighted by Gasteiger charge is 2.25. The quantitative estimate of drug-likeness (QED) is 0.727. The van der Waals surface area contributed by atoms with E-state index in [-0.39, 0.29) is 11.9 Å². The molecule has 0 bridgehead atoms. The Morgan fingerprint density at radius 3 is 2.76 bits per heavy atom. The first-order chi connectivity index (χ1) is 12.1. The van der Waals surface area contributed by atoms with Crippen molar-refractivity contribution in [2.75, 3.05) is 18.0 Å². The third-order valence-electron chi connectivity index (χ3n) is 4.44. The van der Waals surface area contributed by atoms with Gasteiger partial charge < -0.3 is 14.2 Å². The number of rotatable bonds is 3. The van der Waals surface area contributed by atoms with E-state index in [1.54, 1.807) is 12.1 Å². The van der Waals surface area contributed by atoms with Crippen LogP contribution in [-0.2, 0) is 0 Å². The van der Waals surface area contributed by atoms with E-state index in [9.17, 15) is 4.39 Å². The van der Waals surface area contributed by atoms with Crippen molar-refractivity contribution in [1.82, 2.24) is 15.1 Å². The molecule has 1 aliphatic rings. The van der Waals surface area contributed by atoms with Crippen molar-refractivity contribution >= 4 is 16.9 Å². The standard InChI is InChI=1S/C18H19FN4O2/c1-11-16-17(20-12(2)21-18(16)25-22-11)23-8-6-14(7-9-23)24-15-5-3-4-13(19)10-15/h3-5,10,14H,6-9H2,1-2H3. The lowest BCUT2D eigenvalue weighted by atomic mass is 10.1. The minimum Gasteiger partial charge on any atom is -0.490 e. The van der Waals surface area contributed by atoms with Crippen LogP contribution in [0.1, 0.15) is 24.4 Å². The Morgan fingerprint density at radius 1 is 1.20 bits per heavy atom. The summed E-state index contributed by atoms with van der Waals surface area (Å²) in [4.78, 5) is 11.1. The molecule has 0 spiro atoms. The summed E-state index contributed by atoms with van der Waals surface area (Å²) in [5.41, 5.74) is 1.32. The van der Waals surface area contributed by atoms with E-state index in [1.807, 2.05) is 13.8 Å². The maximum absolute atomic E-state index is 13.3. The van der Waals surface area contributed by atoms with Crippen LogP contribution in [0.25, 0.3) is 11.1 Å². The van der Waals surface area contributed by atoms with Gasteiger partial charge in [0.2, 0.25) is 0 Å². The molecule has 4 rings (SSSR count). The van der Waals surface area contributed by atoms with E-state index in [0.29, 0.717) is 17.3 Å². The second-order valence-corrected chi connectivity index (χ2v) is 6.30. The van der Waals surface area contributed by atoms with Crippen LogP contribution in [0.2, 0.25) is 0 Å². The topological polar surface area (TPSA) is 64.3 Å². The fraction of sp³-hybridized carbons (Fsp3) is 0.389. The molecule has 0 aliphatic carbocycles. The number of aryl methyl sites for hydroxylation is 2. The lowest BCUT2D eigenvalue weighted by molar-refractivity contribution is 0.170. The molecule has 6 nitrogen and oxygen atoms in total. The molecule has 0 unspecified atom stereocenters. The van der Waals surface area contributed by atoms with Gasteiger partial charge >= 0.3 is 0 Å². The molecule has 0 saturated carbocycles. The smallest absolute Gasteiger partial charge is 0.263 e. The Bertz CT molecular complexity index is 903. The predicted octanol–water partition coefficient (Wildman–Crippen LogP) is 3.42. The van der Waals surface area contributed by atoms with Crippen LogP contribution < -0.4 is 9.64 Å². The average molecular weight is 342 g/mol. The second kappa shape index (κ2) is 6.31. The second-order valence-electron chi connectivity index (χ2n) is 6.30. The van der Waals surface area contributed by atoms with Crippen LogP contribution >= 0.6 is 0 Å². The Balaban J connectivity index is 1.50. The number of hydrogen-bond acceptors (Lipinski definition) is 6. The molecule has 3 aromatic rings. The monoisotopic (exact) mass is 342 g/mol. The van der Waals surface area contributed by atoms with Crippen molar-refractivity contribution < 1.29 is 13.7 Å². The zero-order valence-electron chi connectivity index (χ0n) is 14.2. The summed E-state index contributed by atoms with van der Waals surface area (Å²) in [6.07, 6.45) is 1.75. The van der Waals surface area contributed by atoms with Gasteiger partial charge in [-0.25, -0.2) is 9.37 Å². The first-order valence-corrected chi connectivity index (χ1v) is 8.38. The van der Waals surface area contributed by atoms with Crippen LogP contribution in [0.4, 0.5) is 10.2 Å². The molecule has 1 fully saturated rings. The van der Waals surface area contributed by atoms with Gasteiger partial charge in [-0.05, 0) is 26.0 Å². The van der Waals surface area contributed by atoms with E-state index >= 15 is 0 Å². The molecule has 1 aliphatic heterocycles. The summed E-state index contributed by atoms with van der Waals surface area (Å²) in [7, 11) is 0. The van der Waals surface area contributed by atoms with Crippen molar-refractivity contribution in [3.63, 3.8) is 0 Å². The Morgan fingerprint density at radius 2 is 2.00 bits per heavy atom. The van der Waals surface area contributed by atoms with Crippen LogP contribution in [0, 0.1) is 19.7 Å². The molecule has 0 radical (unpaired) electrons. The third-order valence-corrected chi connectivity index (χ3v) is 4.44. The van der Waals surface area contributed by atoms with E-state index in [4.69, 9.17) is 9.26 Å². The molecule has 130 valence electrons. The van der Waals surface area contributed by atoms with Crippen LogP contribution in [0.5, 0.6) is 5.75 Å². The van der Waals surface area contributed by atoms with Gasteiger partial charge in [-0.15, -0.1) is 0 Å². The SMILES string of the molecule is Cc1nc(N2CCC(Oc3cccc(F)c3)CC2)c2c(C)noc2n1. The molecule has 0 atom stereocenters. The maximum Gasteiger partial charge on any atom is 0.263 e. The van der Waals surface area contributed by atoms with E-state index in [0.717, 1.165) is 42.8 Å². The summed E-state index contributed by atoms with van der Waals surface area (Å²) >= 11 is 0. The normalized spacial score (nSPS) is 15.7. The van der Waals surface area contributed by atoms with Gasteiger partial charge in [-0.3, -0.25) is 0 Å². The number of piperidine rings is 1. The number of anilines is 1. The fourth-order valence-electron chi connectivity index (χ4n) is 3.22. The average Bonchev–Trinajstić information content (AvgIpc) is 2.96. The number of fused-ring (bicyclic) bond motifs is 1. The maximum atomic E-state index is 13.3. The molecule has 1 saturated heterocycles. The Hall–Kier alpha value is -2.70. The molecule has 3 heterocycles. The molecular formula is C18H19FN4O2. The van der Waals surface area contributed by atoms with Gasteiger partial charge in [0.25, 0.3) is 5.71 Å². The molecular weight excluding hydrogens is 323 g/mol. The van der Waals surface area contributed by atoms with Crippen molar-refractivity contribution in [3.8, 4) is 5.75 Å². The number of halogens is 1. The summed E-state index contributed by atoms with van der Waals surface area (Å²) in [5.74, 6) is 1.83. The van der Waals surface area contributed by atoms with E-state index in [2.05, 4.69) is 20.0 Å². The van der Waals surface area contributed by atoms with Crippen molar-refractivity contribution in [1.29, 1.82) is 0 Å². The molecule has 25 heavy (non-hydrogen) atoms. The van der Waals surface area contributed by atoms with Crippen molar-refractivity contribution in [2.24, 2.45) is 0 Å². The number of ether oxygens (including phenoxy) is 1. The number of nitrogens with zero attached hydrogens (tertiary/aromatic N) is 4. The van der Waals surface area contributed by atoms with Gasteiger partial charge in [0.15, 0.2) is 0 Å². The van der Waals surface area contributed by atoms with E-state index < -0.39 is 0 Å². The highest BCUT2D eigenvalue weighted by atomic mass is 19.1. The number of benzene rings is 1. The van der Waals surface area contributed by atoms with Gasteiger partial charge in [-0.1, -0.05) is 11.2 Å². The lowest BCUT2D eigenvalue weighted by Crippen LogP contribution is -2.39. The molecule has 1 aromatic carbocycles. The van der Waals surface area contributed by atoms with Crippen LogP contribution in [-0.4, -0.2) is 34.3 Å². The first kappa shape index (κ1) is 15.8. The summed E-state index contributed by atoms with van der Waals surface area (Å²) in [6.45, 7) is 5.35. The van der Waals surface area contributed by atoms with Crippen LogP contribution in [0.3, 0.4) is 0 Å². The van der Waals surface area contributed by atoms with Crippen LogP contribution in [0.15, 0.2) is 28.8 Å². The molecule has 2 aromatic heterocycles. The van der Waals surface area contributed by atoms with Gasteiger partial charge in [-0.2, -0.15) is 4.98 Å². The van der Waals surface area contributed by atoms with E-state index in [1.165, 1.54) is 12.1 Å². The highest BCUT2D eigenvalue weighted by molar-refractivity contribution is 5.88. The minimum atomic E-state index is -0.281. The summed E-state index contributed by atoms with van der Waals surface area (Å²) in [5, 5.41) is 4.88. The zero-order chi connectivity index (χ0) is 17.4. The predicted molar refractivity (Wildman–Crippen MR) is 91.3 cm³/mol. The minimum absolute atomic E-state index is 0.0695. The highest BCUT2D eigenvalue weighted by Crippen LogP contribution is 2.29. The molecule has 0 amide bonds. The molecule has 7 heteroatoms. The van der Waals surface area contributed by atoms with Gasteiger partial charge in [0.05, 0.1) is 5.69 Å². The fourth-order valence-corrected chi connectivity index (χ4v) is 3.22. The summed E-state index contributed by atoms with van der Waals surface area (Å²) in [6, 6.07) is 6.28. The summed E-state index contributed by atoms with van der Waals surface area (Å²) < 4.78 is 24.5. The largest absolute Gasteiger partial charge is 0.490 e. The Labute approximate surface area is 144 Å². The van der Waals surface area contributed by atoms with Gasteiger partial charge in [0, 0.05) is 32.0 Å². The number of hydrogen-bond donors (Lipinski definition) is 0. The lowest BCUT2D eigenvalue weighted by Gasteiger charge is -2.33. The zero-order valence-corrected chi connectivity index (χ0v) is 14.2.